The van der Waals surface area contributed by atoms with E-state index in [0.29, 0.717) is 0 Å². The van der Waals surface area contributed by atoms with Gasteiger partial charge in [-0.05, 0) is 36.4 Å². The van der Waals surface area contributed by atoms with E-state index in [2.05, 4.69) is 10.5 Å². The van der Waals surface area contributed by atoms with Crippen LogP contribution in [0.25, 0.3) is 0 Å². The summed E-state index contributed by atoms with van der Waals surface area (Å²) in [5.41, 5.74) is 2.32. The third-order valence-electron chi connectivity index (χ3n) is 2.60. The van der Waals surface area contributed by atoms with Crippen LogP contribution in [0.5, 0.6) is 17.2 Å². The van der Waals surface area contributed by atoms with Crippen LogP contribution in [-0.2, 0) is 0 Å². The average Bonchev–Trinajstić information content (AvgIpc) is 2.45. The summed E-state index contributed by atoms with van der Waals surface area (Å²) in [5, 5.41) is 31.4. The van der Waals surface area contributed by atoms with E-state index < -0.39 is 17.5 Å². The van der Waals surface area contributed by atoms with E-state index in [1.54, 1.807) is 0 Å². The molecule has 0 atom stereocenters. The molecule has 0 heterocycles. The van der Waals surface area contributed by atoms with Gasteiger partial charge in [-0.2, -0.15) is 5.10 Å². The summed E-state index contributed by atoms with van der Waals surface area (Å²) in [6.07, 6.45) is 1.08. The zero-order valence-electron chi connectivity index (χ0n) is 10.6. The van der Waals surface area contributed by atoms with Crippen molar-refractivity contribution >= 4 is 12.1 Å². The highest BCUT2D eigenvalue weighted by molar-refractivity contribution is 5.95. The molecule has 2 rings (SSSR count). The zero-order valence-corrected chi connectivity index (χ0v) is 10.6. The highest BCUT2D eigenvalue weighted by Gasteiger charge is 2.08. The standard InChI is InChI=1S/C14H11FN2O4/c15-10-2-4-11(18)9(5-10)7-16-17-14(21)8-1-3-12(19)13(20)6-8/h1-7,18-20H,(H,17,21). The van der Waals surface area contributed by atoms with E-state index in [1.807, 2.05) is 0 Å². The number of hydrazone groups is 1. The van der Waals surface area contributed by atoms with Crippen LogP contribution >= 0.6 is 0 Å². The van der Waals surface area contributed by atoms with Crippen LogP contribution in [0, 0.1) is 5.82 Å². The summed E-state index contributed by atoms with van der Waals surface area (Å²) in [5.74, 6) is -2.16. The van der Waals surface area contributed by atoms with Crippen molar-refractivity contribution in [3.63, 3.8) is 0 Å². The van der Waals surface area contributed by atoms with Gasteiger partial charge < -0.3 is 15.3 Å². The first-order chi connectivity index (χ1) is 9.97. The van der Waals surface area contributed by atoms with Gasteiger partial charge in [0.05, 0.1) is 6.21 Å². The second-order valence-electron chi connectivity index (χ2n) is 4.11. The lowest BCUT2D eigenvalue weighted by molar-refractivity contribution is 0.0954. The summed E-state index contributed by atoms with van der Waals surface area (Å²) < 4.78 is 13.0. The SMILES string of the molecule is O=C(NN=Cc1cc(F)ccc1O)c1ccc(O)c(O)c1. The van der Waals surface area contributed by atoms with Crippen LogP contribution < -0.4 is 5.43 Å². The van der Waals surface area contributed by atoms with Crippen molar-refractivity contribution in [1.82, 2.24) is 5.43 Å². The van der Waals surface area contributed by atoms with Crippen molar-refractivity contribution < 1.29 is 24.5 Å². The van der Waals surface area contributed by atoms with Crippen molar-refractivity contribution in [2.75, 3.05) is 0 Å². The molecule has 0 aliphatic carbocycles. The largest absolute Gasteiger partial charge is 0.507 e. The van der Waals surface area contributed by atoms with E-state index in [4.69, 9.17) is 5.11 Å². The molecule has 108 valence electrons. The average molecular weight is 290 g/mol. The van der Waals surface area contributed by atoms with Gasteiger partial charge in [0, 0.05) is 11.1 Å². The monoisotopic (exact) mass is 290 g/mol. The first kappa shape index (κ1) is 14.3. The molecule has 0 unspecified atom stereocenters. The van der Waals surface area contributed by atoms with Crippen LogP contribution in [-0.4, -0.2) is 27.4 Å². The minimum absolute atomic E-state index is 0.0749. The fraction of sp³-hybridized carbons (Fsp3) is 0. The molecule has 0 radical (unpaired) electrons. The number of hydrogen-bond donors (Lipinski definition) is 4. The van der Waals surface area contributed by atoms with E-state index in [1.165, 1.54) is 6.07 Å². The fourth-order valence-electron chi connectivity index (χ4n) is 1.52. The van der Waals surface area contributed by atoms with Gasteiger partial charge in [-0.3, -0.25) is 4.79 Å². The minimum Gasteiger partial charge on any atom is -0.507 e. The van der Waals surface area contributed by atoms with Gasteiger partial charge in [-0.15, -0.1) is 0 Å². The minimum atomic E-state index is -0.641. The molecule has 0 fully saturated rings. The number of phenols is 3. The van der Waals surface area contributed by atoms with Crippen LogP contribution in [0.3, 0.4) is 0 Å². The van der Waals surface area contributed by atoms with E-state index in [9.17, 15) is 19.4 Å². The maximum Gasteiger partial charge on any atom is 0.271 e. The molecule has 2 aromatic carbocycles. The molecule has 4 N–H and O–H groups in total. The van der Waals surface area contributed by atoms with Gasteiger partial charge in [0.1, 0.15) is 11.6 Å². The van der Waals surface area contributed by atoms with E-state index in [0.717, 1.165) is 36.5 Å². The van der Waals surface area contributed by atoms with Crippen molar-refractivity contribution in [3.05, 3.63) is 53.3 Å². The molecule has 6 nitrogen and oxygen atoms in total. The van der Waals surface area contributed by atoms with Crippen molar-refractivity contribution in [2.24, 2.45) is 5.10 Å². The molecule has 21 heavy (non-hydrogen) atoms. The Morgan fingerprint density at radius 2 is 1.76 bits per heavy atom. The van der Waals surface area contributed by atoms with Crippen molar-refractivity contribution in [3.8, 4) is 17.2 Å². The summed E-state index contributed by atoms with van der Waals surface area (Å²) in [6.45, 7) is 0. The number of phenolic OH excluding ortho intramolecular Hbond substituents is 3. The van der Waals surface area contributed by atoms with Crippen molar-refractivity contribution in [2.45, 2.75) is 0 Å². The molecule has 2 aromatic rings. The Morgan fingerprint density at radius 1 is 1.05 bits per heavy atom. The quantitative estimate of drug-likeness (QED) is 0.392. The normalized spacial score (nSPS) is 10.7. The Morgan fingerprint density at radius 3 is 2.48 bits per heavy atom. The van der Waals surface area contributed by atoms with E-state index >= 15 is 0 Å². The lowest BCUT2D eigenvalue weighted by atomic mass is 10.2. The number of hydrogen-bond acceptors (Lipinski definition) is 5. The molecular formula is C14H11FN2O4. The third-order valence-corrected chi connectivity index (χ3v) is 2.60. The number of halogens is 1. The molecule has 0 spiro atoms. The molecule has 7 heteroatoms. The lowest BCUT2D eigenvalue weighted by Gasteiger charge is -2.02. The first-order valence-corrected chi connectivity index (χ1v) is 5.81. The Bertz CT molecular complexity index is 716. The summed E-state index contributed by atoms with van der Waals surface area (Å²) in [6, 6.07) is 6.82. The Hall–Kier alpha value is -3.09. The van der Waals surface area contributed by atoms with Gasteiger partial charge in [0.25, 0.3) is 5.91 Å². The summed E-state index contributed by atoms with van der Waals surface area (Å²) >= 11 is 0. The summed E-state index contributed by atoms with van der Waals surface area (Å²) in [4.78, 5) is 11.7. The molecule has 0 bridgehead atoms. The van der Waals surface area contributed by atoms with Crippen LogP contribution in [0.2, 0.25) is 0 Å². The van der Waals surface area contributed by atoms with E-state index in [-0.39, 0.29) is 22.6 Å². The Kier molecular flexibility index (Phi) is 4.03. The van der Waals surface area contributed by atoms with Crippen LogP contribution in [0.4, 0.5) is 4.39 Å². The maximum absolute atomic E-state index is 13.0. The lowest BCUT2D eigenvalue weighted by Crippen LogP contribution is -2.17. The number of rotatable bonds is 3. The molecule has 0 saturated heterocycles. The zero-order chi connectivity index (χ0) is 15.4. The number of aromatic hydroxyl groups is 3. The number of nitrogens with zero attached hydrogens (tertiary/aromatic N) is 1. The molecule has 1 amide bonds. The molecule has 0 aliphatic heterocycles. The van der Waals surface area contributed by atoms with Gasteiger partial charge in [-0.1, -0.05) is 0 Å². The molecule has 0 aliphatic rings. The predicted octanol–water partition coefficient (Wildman–Crippen LogP) is 1.71. The summed E-state index contributed by atoms with van der Waals surface area (Å²) in [7, 11) is 0. The Labute approximate surface area is 118 Å². The predicted molar refractivity (Wildman–Crippen MR) is 72.9 cm³/mol. The van der Waals surface area contributed by atoms with Crippen molar-refractivity contribution in [1.29, 1.82) is 0 Å². The van der Waals surface area contributed by atoms with Gasteiger partial charge in [0.15, 0.2) is 11.5 Å². The third kappa shape index (κ3) is 3.47. The van der Waals surface area contributed by atoms with Gasteiger partial charge in [0.2, 0.25) is 0 Å². The Balaban J connectivity index is 2.08. The number of nitrogens with one attached hydrogen (secondary N) is 1. The molecule has 0 saturated carbocycles. The number of carbonyl (C=O) groups is 1. The van der Waals surface area contributed by atoms with Crippen LogP contribution in [0.1, 0.15) is 15.9 Å². The highest BCUT2D eigenvalue weighted by Crippen LogP contribution is 2.24. The molecular weight excluding hydrogens is 279 g/mol. The number of carbonyl (C=O) groups excluding carboxylic acids is 1. The highest BCUT2D eigenvalue weighted by atomic mass is 19.1. The molecule has 0 aromatic heterocycles. The van der Waals surface area contributed by atoms with Crippen LogP contribution in [0.15, 0.2) is 41.5 Å². The van der Waals surface area contributed by atoms with Gasteiger partial charge in [-0.25, -0.2) is 9.82 Å². The maximum atomic E-state index is 13.0. The first-order valence-electron chi connectivity index (χ1n) is 5.81. The topological polar surface area (TPSA) is 102 Å². The second kappa shape index (κ2) is 5.91. The fourth-order valence-corrected chi connectivity index (χ4v) is 1.52. The smallest absolute Gasteiger partial charge is 0.271 e. The second-order valence-corrected chi connectivity index (χ2v) is 4.11. The van der Waals surface area contributed by atoms with Gasteiger partial charge >= 0.3 is 0 Å². The number of amides is 1. The number of benzene rings is 2.